The molecule has 0 aliphatic carbocycles. The van der Waals surface area contributed by atoms with E-state index < -0.39 is 0 Å². The van der Waals surface area contributed by atoms with Gasteiger partial charge in [0.25, 0.3) is 0 Å². The van der Waals surface area contributed by atoms with Crippen molar-refractivity contribution in [1.29, 1.82) is 0 Å². The van der Waals surface area contributed by atoms with Crippen molar-refractivity contribution >= 4 is 11.9 Å². The molecule has 1 rings (SSSR count). The molecular formula is C36H69NO5. The minimum Gasteiger partial charge on any atom is -0.465 e. The molecule has 1 aliphatic rings. The molecule has 0 radical (unpaired) electrons. The second-order valence-electron chi connectivity index (χ2n) is 13.1. The molecule has 1 fully saturated rings. The lowest BCUT2D eigenvalue weighted by Crippen LogP contribution is -2.46. The van der Waals surface area contributed by atoms with Crippen LogP contribution in [0.2, 0.25) is 0 Å². The first kappa shape index (κ1) is 38.9. The van der Waals surface area contributed by atoms with Crippen molar-refractivity contribution in [1.82, 2.24) is 4.90 Å². The lowest BCUT2D eigenvalue weighted by Gasteiger charge is -2.41. The summed E-state index contributed by atoms with van der Waals surface area (Å²) in [6.45, 7) is 8.37. The lowest BCUT2D eigenvalue weighted by molar-refractivity contribution is -0.157. The zero-order chi connectivity index (χ0) is 30.6. The normalized spacial score (nSPS) is 15.1. The summed E-state index contributed by atoms with van der Waals surface area (Å²) in [5.74, 6) is -0.213. The summed E-state index contributed by atoms with van der Waals surface area (Å²) in [5.41, 5.74) is -0.274. The van der Waals surface area contributed by atoms with Gasteiger partial charge in [0.15, 0.2) is 0 Å². The number of likely N-dealkylation sites (tertiary alicyclic amines) is 1. The average Bonchev–Trinajstić information content (AvgIpc) is 3.00. The Bertz CT molecular complexity index is 592. The van der Waals surface area contributed by atoms with Crippen LogP contribution in [0.25, 0.3) is 0 Å². The van der Waals surface area contributed by atoms with Crippen LogP contribution in [0.15, 0.2) is 0 Å². The Morgan fingerprint density at radius 2 is 0.952 bits per heavy atom. The van der Waals surface area contributed by atoms with Gasteiger partial charge in [-0.2, -0.15) is 0 Å². The minimum atomic E-state index is -0.274. The summed E-state index contributed by atoms with van der Waals surface area (Å²) in [4.78, 5) is 27.6. The molecule has 0 unspecified atom stereocenters. The van der Waals surface area contributed by atoms with Crippen LogP contribution in [-0.2, 0) is 19.1 Å². The van der Waals surface area contributed by atoms with Crippen LogP contribution in [0.4, 0.5) is 0 Å². The molecule has 1 aliphatic heterocycles. The highest BCUT2D eigenvalue weighted by molar-refractivity contribution is 5.69. The summed E-state index contributed by atoms with van der Waals surface area (Å²) >= 11 is 0. The third-order valence-electron chi connectivity index (χ3n) is 9.10. The largest absolute Gasteiger partial charge is 0.465 e. The highest BCUT2D eigenvalue weighted by atomic mass is 16.5. The van der Waals surface area contributed by atoms with Crippen molar-refractivity contribution < 1.29 is 24.2 Å². The molecule has 6 nitrogen and oxygen atoms in total. The van der Waals surface area contributed by atoms with E-state index in [1.165, 1.54) is 89.9 Å². The van der Waals surface area contributed by atoms with Crippen LogP contribution in [0, 0.1) is 5.41 Å². The smallest absolute Gasteiger partial charge is 0.305 e. The molecular weight excluding hydrogens is 526 g/mol. The Balaban J connectivity index is 2.36. The molecule has 1 N–H and O–H groups in total. The van der Waals surface area contributed by atoms with Crippen LogP contribution in [0.1, 0.15) is 174 Å². The molecule has 1 saturated heterocycles. The van der Waals surface area contributed by atoms with E-state index >= 15 is 0 Å². The number of esters is 2. The molecule has 0 bridgehead atoms. The standard InChI is InChI=1S/C36H69NO5/c1-3-5-7-9-11-13-15-17-20-24-34(39)41-32-36(26-29-37(30-27-36)28-22-19-23-31-38)33-42-35(40)25-21-18-16-14-12-10-8-6-4-2/h38H,3-33H2,1-2H3. The average molecular weight is 596 g/mol. The molecule has 0 aromatic heterocycles. The van der Waals surface area contributed by atoms with E-state index in [-0.39, 0.29) is 24.0 Å². The van der Waals surface area contributed by atoms with Crippen LogP contribution >= 0.6 is 0 Å². The highest BCUT2D eigenvalue weighted by Gasteiger charge is 2.37. The fourth-order valence-corrected chi connectivity index (χ4v) is 5.98. The fourth-order valence-electron chi connectivity index (χ4n) is 5.98. The maximum atomic E-state index is 12.6. The first-order chi connectivity index (χ1) is 20.5. The molecule has 0 saturated carbocycles. The Morgan fingerprint density at radius 3 is 1.36 bits per heavy atom. The third-order valence-corrected chi connectivity index (χ3v) is 9.10. The molecule has 0 atom stereocenters. The topological polar surface area (TPSA) is 76.1 Å². The number of nitrogens with zero attached hydrogens (tertiary/aromatic N) is 1. The van der Waals surface area contributed by atoms with Gasteiger partial charge in [-0.15, -0.1) is 0 Å². The Kier molecular flexibility index (Phi) is 25.4. The van der Waals surface area contributed by atoms with Crippen LogP contribution in [0.3, 0.4) is 0 Å². The number of ether oxygens (including phenoxy) is 2. The Hall–Kier alpha value is -1.14. The summed E-state index contributed by atoms with van der Waals surface area (Å²) < 4.78 is 11.6. The van der Waals surface area contributed by atoms with Crippen molar-refractivity contribution in [3.63, 3.8) is 0 Å². The van der Waals surface area contributed by atoms with E-state index in [0.717, 1.165) is 77.4 Å². The predicted molar refractivity (Wildman–Crippen MR) is 175 cm³/mol. The van der Waals surface area contributed by atoms with Gasteiger partial charge in [0, 0.05) is 24.9 Å². The number of aliphatic hydroxyl groups is 1. The number of aliphatic hydroxyl groups excluding tert-OH is 1. The van der Waals surface area contributed by atoms with Crippen molar-refractivity contribution in [2.45, 2.75) is 174 Å². The quantitative estimate of drug-likeness (QED) is 0.0686. The number of unbranched alkanes of at least 4 members (excludes halogenated alkanes) is 18. The van der Waals surface area contributed by atoms with Gasteiger partial charge in [0.05, 0.1) is 0 Å². The molecule has 0 aromatic carbocycles. The zero-order valence-corrected chi connectivity index (χ0v) is 27.9. The third kappa shape index (κ3) is 21.5. The van der Waals surface area contributed by atoms with E-state index in [1.54, 1.807) is 0 Å². The van der Waals surface area contributed by atoms with Crippen LogP contribution < -0.4 is 0 Å². The number of carbonyl (C=O) groups is 2. The van der Waals surface area contributed by atoms with E-state index in [0.29, 0.717) is 26.1 Å². The van der Waals surface area contributed by atoms with Gasteiger partial charge in [0.2, 0.25) is 0 Å². The maximum Gasteiger partial charge on any atom is 0.305 e. The van der Waals surface area contributed by atoms with Gasteiger partial charge in [-0.1, -0.05) is 117 Å². The molecule has 0 spiro atoms. The van der Waals surface area contributed by atoms with Crippen molar-refractivity contribution in [3.8, 4) is 0 Å². The molecule has 0 aromatic rings. The van der Waals surface area contributed by atoms with Gasteiger partial charge < -0.3 is 19.5 Å². The SMILES string of the molecule is CCCCCCCCCCCC(=O)OCC1(COC(=O)CCCCCCCCCCC)CCN(CCCCCO)CC1. The minimum absolute atomic E-state index is 0.107. The summed E-state index contributed by atoms with van der Waals surface area (Å²) in [5, 5.41) is 9.04. The van der Waals surface area contributed by atoms with Gasteiger partial charge in [-0.25, -0.2) is 0 Å². The lowest BCUT2D eigenvalue weighted by atomic mass is 9.79. The Morgan fingerprint density at radius 1 is 0.571 bits per heavy atom. The summed E-state index contributed by atoms with van der Waals surface area (Å²) in [6, 6.07) is 0. The molecule has 1 heterocycles. The number of hydrogen-bond acceptors (Lipinski definition) is 6. The van der Waals surface area contributed by atoms with Gasteiger partial charge in [-0.05, 0) is 64.6 Å². The first-order valence-electron chi connectivity index (χ1n) is 18.2. The van der Waals surface area contributed by atoms with Crippen molar-refractivity contribution in [2.75, 3.05) is 39.5 Å². The highest BCUT2D eigenvalue weighted by Crippen LogP contribution is 2.33. The van der Waals surface area contributed by atoms with E-state index in [4.69, 9.17) is 14.6 Å². The maximum absolute atomic E-state index is 12.6. The van der Waals surface area contributed by atoms with E-state index in [2.05, 4.69) is 18.7 Å². The molecule has 248 valence electrons. The number of hydrogen-bond donors (Lipinski definition) is 1. The Labute approximate surface area is 260 Å². The van der Waals surface area contributed by atoms with E-state index in [9.17, 15) is 9.59 Å². The molecule has 42 heavy (non-hydrogen) atoms. The molecule has 0 amide bonds. The second kappa shape index (κ2) is 27.4. The van der Waals surface area contributed by atoms with Crippen molar-refractivity contribution in [3.05, 3.63) is 0 Å². The second-order valence-corrected chi connectivity index (χ2v) is 13.1. The van der Waals surface area contributed by atoms with E-state index in [1.807, 2.05) is 0 Å². The number of piperidine rings is 1. The van der Waals surface area contributed by atoms with Crippen molar-refractivity contribution in [2.24, 2.45) is 5.41 Å². The number of carbonyl (C=O) groups excluding carboxylic acids is 2. The summed E-state index contributed by atoms with van der Waals surface area (Å²) in [7, 11) is 0. The van der Waals surface area contributed by atoms with Gasteiger partial charge in [0.1, 0.15) is 13.2 Å². The van der Waals surface area contributed by atoms with Gasteiger partial charge >= 0.3 is 11.9 Å². The molecule has 6 heteroatoms. The first-order valence-corrected chi connectivity index (χ1v) is 18.2. The van der Waals surface area contributed by atoms with Crippen LogP contribution in [0.5, 0.6) is 0 Å². The monoisotopic (exact) mass is 596 g/mol. The van der Waals surface area contributed by atoms with Crippen LogP contribution in [-0.4, -0.2) is 61.4 Å². The predicted octanol–water partition coefficient (Wildman–Crippen LogP) is 9.16. The van der Waals surface area contributed by atoms with Gasteiger partial charge in [-0.3, -0.25) is 9.59 Å². The fraction of sp³-hybridized carbons (Fsp3) is 0.944. The zero-order valence-electron chi connectivity index (χ0n) is 27.9. The summed E-state index contributed by atoms with van der Waals surface area (Å²) in [6.07, 6.45) is 27.9. The number of rotatable bonds is 29.